The number of hydrogen-bond donors (Lipinski definition) is 0. The Hall–Kier alpha value is -13.8. The number of ether oxygens (including phenoxy) is 12. The maximum atomic E-state index is 6.15. The molecule has 2 aliphatic rings. The Balaban J connectivity index is 0.837. The molecular formula is C101H84N4O12S4. The molecule has 0 fully saturated rings. The molecule has 16 nitrogen and oxygen atoms in total. The molecule has 0 unspecified atom stereocenters. The van der Waals surface area contributed by atoms with Gasteiger partial charge in [-0.15, -0.1) is 45.3 Å². The highest BCUT2D eigenvalue weighted by atomic mass is 32.1. The largest absolute Gasteiger partial charge is 0.497 e. The Morgan fingerprint density at radius 3 is 0.570 bits per heavy atom. The van der Waals surface area contributed by atoms with E-state index in [0.29, 0.717) is 68.7 Å². The summed E-state index contributed by atoms with van der Waals surface area (Å²) >= 11 is 7.36. The van der Waals surface area contributed by atoms with Gasteiger partial charge in [-0.3, -0.25) is 9.80 Å². The van der Waals surface area contributed by atoms with E-state index in [1.807, 2.05) is 167 Å². The van der Waals surface area contributed by atoms with Gasteiger partial charge < -0.3 is 66.6 Å². The summed E-state index contributed by atoms with van der Waals surface area (Å²) in [5.74, 6) is 7.79. The van der Waals surface area contributed by atoms with E-state index in [4.69, 9.17) is 56.8 Å². The molecule has 0 radical (unpaired) electrons. The minimum Gasteiger partial charge on any atom is -0.497 e. The third-order valence-corrected chi connectivity index (χ3v) is 27.4. The Morgan fingerprint density at radius 1 is 0.190 bits per heavy atom. The third kappa shape index (κ3) is 13.7. The molecule has 0 saturated carbocycles. The Labute approximate surface area is 719 Å². The zero-order valence-corrected chi connectivity index (χ0v) is 71.8. The molecule has 4 heterocycles. The molecule has 0 saturated heterocycles. The first-order chi connectivity index (χ1) is 59.4. The number of rotatable bonds is 28. The normalized spacial score (nSPS) is 11.9. The van der Waals surface area contributed by atoms with Gasteiger partial charge in [0, 0.05) is 89.3 Å². The Kier molecular flexibility index (Phi) is 21.5. The number of methoxy groups -OCH3 is 12. The van der Waals surface area contributed by atoms with Crippen LogP contribution in [0.2, 0.25) is 0 Å². The van der Waals surface area contributed by atoms with Gasteiger partial charge in [0.05, 0.1) is 110 Å². The number of anilines is 12. The van der Waals surface area contributed by atoms with E-state index in [9.17, 15) is 0 Å². The highest BCUT2D eigenvalue weighted by Crippen LogP contribution is 2.71. The molecule has 0 N–H and O–H groups in total. The fourth-order valence-corrected chi connectivity index (χ4v) is 21.9. The fourth-order valence-electron chi connectivity index (χ4n) is 16.7. The predicted octanol–water partition coefficient (Wildman–Crippen LogP) is 26.9. The van der Waals surface area contributed by atoms with Gasteiger partial charge in [-0.25, -0.2) is 0 Å². The summed E-state index contributed by atoms with van der Waals surface area (Å²) in [6.45, 7) is 0. The second kappa shape index (κ2) is 33.2. The summed E-state index contributed by atoms with van der Waals surface area (Å²) in [5, 5.41) is 0. The molecule has 0 aliphatic heterocycles. The first-order valence-corrected chi connectivity index (χ1v) is 42.3. The second-order valence-electron chi connectivity index (χ2n) is 28.5. The lowest BCUT2D eigenvalue weighted by molar-refractivity contribution is 0.390. The average Bonchev–Trinajstić information content (AvgIpc) is 1.49. The van der Waals surface area contributed by atoms with Crippen molar-refractivity contribution in [2.45, 2.75) is 5.41 Å². The molecule has 20 heteroatoms. The number of hydrogen-bond acceptors (Lipinski definition) is 20. The zero-order valence-electron chi connectivity index (χ0n) is 68.5. The van der Waals surface area contributed by atoms with Gasteiger partial charge >= 0.3 is 0 Å². The van der Waals surface area contributed by atoms with Crippen LogP contribution in [0.3, 0.4) is 0 Å². The minimum atomic E-state index is -0.803. The lowest BCUT2D eigenvalue weighted by atomic mass is 9.72. The summed E-state index contributed by atoms with van der Waals surface area (Å²) in [7, 11) is 20.1. The number of para-hydroxylation sites is 4. The zero-order chi connectivity index (χ0) is 83.2. The summed E-state index contributed by atoms with van der Waals surface area (Å²) < 4.78 is 72.5. The van der Waals surface area contributed by atoms with E-state index in [2.05, 4.69) is 189 Å². The lowest BCUT2D eigenvalue weighted by Gasteiger charge is -2.30. The maximum absolute atomic E-state index is 6.15. The van der Waals surface area contributed by atoms with Crippen LogP contribution in [0, 0.1) is 0 Å². The molecule has 604 valence electrons. The van der Waals surface area contributed by atoms with Crippen LogP contribution in [0.15, 0.2) is 291 Å². The van der Waals surface area contributed by atoms with E-state index in [1.54, 1.807) is 85.3 Å². The highest BCUT2D eigenvalue weighted by molar-refractivity contribution is 7.27. The van der Waals surface area contributed by atoms with Crippen LogP contribution in [0.5, 0.6) is 69.0 Å². The molecule has 1 spiro atoms. The molecule has 2 aliphatic carbocycles. The van der Waals surface area contributed by atoms with Crippen LogP contribution in [0.25, 0.3) is 61.3 Å². The van der Waals surface area contributed by atoms with E-state index >= 15 is 0 Å². The third-order valence-electron chi connectivity index (χ3n) is 22.3. The molecule has 4 aromatic heterocycles. The molecule has 12 aromatic carbocycles. The van der Waals surface area contributed by atoms with Gasteiger partial charge in [-0.2, -0.15) is 0 Å². The molecule has 16 aromatic rings. The van der Waals surface area contributed by atoms with Crippen molar-refractivity contribution in [3.05, 3.63) is 313 Å². The lowest BCUT2D eigenvalue weighted by Crippen LogP contribution is -2.24. The maximum Gasteiger partial charge on any atom is 0.146 e. The van der Waals surface area contributed by atoms with E-state index in [1.165, 1.54) is 41.8 Å². The number of nitrogens with zero attached hydrogens (tertiary/aromatic N) is 4. The first kappa shape index (κ1) is 78.4. The van der Waals surface area contributed by atoms with E-state index in [-0.39, 0.29) is 0 Å². The molecule has 0 amide bonds. The average molecular weight is 1670 g/mol. The van der Waals surface area contributed by atoms with E-state index < -0.39 is 5.41 Å². The Bertz CT molecular complexity index is 5830. The number of benzene rings is 12. The summed E-state index contributed by atoms with van der Waals surface area (Å²) in [6.07, 6.45) is 0. The minimum absolute atomic E-state index is 0.598. The van der Waals surface area contributed by atoms with Crippen LogP contribution in [-0.2, 0) is 5.41 Å². The van der Waals surface area contributed by atoms with Gasteiger partial charge in [-0.1, -0.05) is 97.1 Å². The van der Waals surface area contributed by atoms with Crippen molar-refractivity contribution in [3.63, 3.8) is 0 Å². The quantitative estimate of drug-likeness (QED) is 0.0462. The molecule has 18 rings (SSSR count). The van der Waals surface area contributed by atoms with Gasteiger partial charge in [0.1, 0.15) is 91.7 Å². The first-order valence-electron chi connectivity index (χ1n) is 39.0. The number of fused-ring (bicyclic) bond motifs is 10. The van der Waals surface area contributed by atoms with Gasteiger partial charge in [0.25, 0.3) is 0 Å². The van der Waals surface area contributed by atoms with Crippen molar-refractivity contribution in [2.24, 2.45) is 0 Å². The van der Waals surface area contributed by atoms with Crippen molar-refractivity contribution in [1.29, 1.82) is 0 Å². The van der Waals surface area contributed by atoms with Gasteiger partial charge in [0.15, 0.2) is 0 Å². The standard InChI is InChI=1S/C101H84N4O12S4/c1-106-73-25-13-21-69(53-73)102(70-22-14-26-74(54-70)107-2)65-45-37-61(38-46-65)89-57-77-97(118-89)98-78(58-90(119-98)62-39-47-66(48-40-62)103(71-23-15-27-75(55-71)108-3)72-24-16-28-76(56-72)109-4)101(77)79-59-91(63-41-49-67(50-42-63)104(93-81(110-5)29-17-30-82(93)111-6)94-83(112-7)31-18-32-84(94)113-8)120-99(79)100-80(101)60-92(121-100)64-43-51-68(52-44-64)105(95-85(114-9)33-19-34-86(95)115-10)96-87(116-11)35-20-36-88(96)117-12/h13-60H,1-12H3. The second-order valence-corrected chi connectivity index (χ2v) is 32.8. The monoisotopic (exact) mass is 1670 g/mol. The molecule has 0 bridgehead atoms. The van der Waals surface area contributed by atoms with Crippen molar-refractivity contribution in [3.8, 4) is 130 Å². The molecule has 0 atom stereocenters. The SMILES string of the molecule is COc1cccc(N(c2ccc(-c3cc4c(s3)-c3sc(-c5ccc(N(c6cccc(OC)c6)c6cccc(OC)c6)cc5)cc3C43c4cc(-c5ccc(N(c6c(OC)cccc6OC)c6c(OC)cccc6OC)cc5)sc4-c4sc(-c5ccc(N(c6c(OC)cccc6OC)c6c(OC)cccc6OC)cc5)cc43)cc2)c2cccc(OC)c2)c1. The topological polar surface area (TPSA) is 124 Å². The van der Waals surface area contributed by atoms with Gasteiger partial charge in [0.2, 0.25) is 0 Å². The van der Waals surface area contributed by atoms with Crippen LogP contribution < -0.4 is 76.4 Å². The number of thiophene rings is 4. The summed E-state index contributed by atoms with van der Waals surface area (Å²) in [4.78, 5) is 18.0. The van der Waals surface area contributed by atoms with Crippen molar-refractivity contribution in [2.75, 3.05) is 105 Å². The predicted molar refractivity (Wildman–Crippen MR) is 493 cm³/mol. The van der Waals surface area contributed by atoms with E-state index in [0.717, 1.165) is 110 Å². The molecular weight excluding hydrogens is 1590 g/mol. The van der Waals surface area contributed by atoms with Gasteiger partial charge in [-0.05, 0) is 214 Å². The highest BCUT2D eigenvalue weighted by Gasteiger charge is 2.56. The smallest absolute Gasteiger partial charge is 0.146 e. The summed E-state index contributed by atoms with van der Waals surface area (Å²) in [6, 6.07) is 101. The molecule has 121 heavy (non-hydrogen) atoms. The van der Waals surface area contributed by atoms with Crippen LogP contribution in [0.1, 0.15) is 22.3 Å². The van der Waals surface area contributed by atoms with Crippen LogP contribution in [0.4, 0.5) is 68.2 Å². The van der Waals surface area contributed by atoms with Crippen LogP contribution in [-0.4, -0.2) is 85.3 Å². The van der Waals surface area contributed by atoms with Crippen molar-refractivity contribution < 1.29 is 56.8 Å². The summed E-state index contributed by atoms with van der Waals surface area (Å²) in [5.41, 5.74) is 18.5. The Morgan fingerprint density at radius 2 is 0.380 bits per heavy atom. The van der Waals surface area contributed by atoms with Crippen molar-refractivity contribution in [1.82, 2.24) is 0 Å². The van der Waals surface area contributed by atoms with Crippen LogP contribution >= 0.6 is 45.3 Å². The van der Waals surface area contributed by atoms with Crippen molar-refractivity contribution >= 4 is 114 Å². The fraction of sp³-hybridized carbons (Fsp3) is 0.129.